The minimum Gasteiger partial charge on any atom is -0.481 e. The van der Waals surface area contributed by atoms with E-state index in [4.69, 9.17) is 5.11 Å². The number of rotatable bonds is 6. The van der Waals surface area contributed by atoms with Gasteiger partial charge < -0.3 is 10.4 Å². The maximum atomic E-state index is 12.1. The van der Waals surface area contributed by atoms with E-state index in [1.54, 1.807) is 12.1 Å². The summed E-state index contributed by atoms with van der Waals surface area (Å²) in [6, 6.07) is 5.38. The normalized spacial score (nSPS) is 12.2. The van der Waals surface area contributed by atoms with Gasteiger partial charge in [0.25, 0.3) is 5.91 Å². The monoisotopic (exact) mass is 341 g/mol. The van der Waals surface area contributed by atoms with Crippen LogP contribution in [0.2, 0.25) is 0 Å². The lowest BCUT2D eigenvalue weighted by Gasteiger charge is -2.16. The predicted octanol–water partition coefficient (Wildman–Crippen LogP) is 3.23. The fourth-order valence-corrected chi connectivity index (χ4v) is 2.37. The van der Waals surface area contributed by atoms with Gasteiger partial charge in [0.1, 0.15) is 0 Å². The summed E-state index contributed by atoms with van der Waals surface area (Å²) >= 11 is 3.38. The molecule has 0 bridgehead atoms. The standard InChI is InChI=1S/C15H20BrNO3/c1-9(2)7-11(15(19)20)8-17-14(18)12-5-4-6-13(16)10(12)3/h4-6,9,11H,7-8H2,1-3H3,(H,17,18)(H,19,20). The van der Waals surface area contributed by atoms with Gasteiger partial charge in [-0.2, -0.15) is 0 Å². The van der Waals surface area contributed by atoms with Crippen LogP contribution in [-0.4, -0.2) is 23.5 Å². The maximum Gasteiger partial charge on any atom is 0.308 e. The summed E-state index contributed by atoms with van der Waals surface area (Å²) < 4.78 is 0.863. The Bertz CT molecular complexity index is 500. The number of carbonyl (C=O) groups excluding carboxylic acids is 1. The minimum atomic E-state index is -0.870. The zero-order chi connectivity index (χ0) is 15.3. The van der Waals surface area contributed by atoms with E-state index >= 15 is 0 Å². The van der Waals surface area contributed by atoms with Crippen LogP contribution in [0.3, 0.4) is 0 Å². The van der Waals surface area contributed by atoms with E-state index in [1.165, 1.54) is 0 Å². The van der Waals surface area contributed by atoms with Crippen LogP contribution in [0, 0.1) is 18.8 Å². The fourth-order valence-electron chi connectivity index (χ4n) is 2.01. The van der Waals surface area contributed by atoms with Crippen LogP contribution in [0.4, 0.5) is 0 Å². The van der Waals surface area contributed by atoms with Crippen LogP contribution in [-0.2, 0) is 4.79 Å². The van der Waals surface area contributed by atoms with Gasteiger partial charge in [-0.3, -0.25) is 9.59 Å². The molecule has 1 atom stereocenters. The molecule has 5 heteroatoms. The summed E-state index contributed by atoms with van der Waals surface area (Å²) in [7, 11) is 0. The molecule has 20 heavy (non-hydrogen) atoms. The Hall–Kier alpha value is -1.36. The molecular formula is C15H20BrNO3. The van der Waals surface area contributed by atoms with Crippen molar-refractivity contribution in [2.75, 3.05) is 6.54 Å². The smallest absolute Gasteiger partial charge is 0.308 e. The molecule has 2 N–H and O–H groups in total. The van der Waals surface area contributed by atoms with Crippen LogP contribution >= 0.6 is 15.9 Å². The number of benzene rings is 1. The van der Waals surface area contributed by atoms with Gasteiger partial charge in [-0.25, -0.2) is 0 Å². The highest BCUT2D eigenvalue weighted by Crippen LogP contribution is 2.19. The zero-order valence-corrected chi connectivity index (χ0v) is 13.5. The van der Waals surface area contributed by atoms with Crippen molar-refractivity contribution in [3.05, 3.63) is 33.8 Å². The summed E-state index contributed by atoms with van der Waals surface area (Å²) in [5, 5.41) is 11.9. The van der Waals surface area contributed by atoms with Gasteiger partial charge >= 0.3 is 5.97 Å². The summed E-state index contributed by atoms with van der Waals surface area (Å²) in [5.41, 5.74) is 1.41. The van der Waals surface area contributed by atoms with Gasteiger partial charge in [-0.05, 0) is 37.0 Å². The third-order valence-electron chi connectivity index (χ3n) is 3.13. The molecule has 0 radical (unpaired) electrons. The van der Waals surface area contributed by atoms with Crippen molar-refractivity contribution in [1.82, 2.24) is 5.32 Å². The molecule has 0 fully saturated rings. The lowest BCUT2D eigenvalue weighted by molar-refractivity contribution is -0.142. The topological polar surface area (TPSA) is 66.4 Å². The lowest BCUT2D eigenvalue weighted by Crippen LogP contribution is -2.34. The molecule has 0 aromatic heterocycles. The second-order valence-electron chi connectivity index (χ2n) is 5.29. The van der Waals surface area contributed by atoms with E-state index in [0.717, 1.165) is 10.0 Å². The average Bonchev–Trinajstić information content (AvgIpc) is 2.36. The largest absolute Gasteiger partial charge is 0.481 e. The molecule has 0 spiro atoms. The van der Waals surface area contributed by atoms with Crippen LogP contribution in [0.25, 0.3) is 0 Å². The van der Waals surface area contributed by atoms with Crippen molar-refractivity contribution in [3.63, 3.8) is 0 Å². The highest BCUT2D eigenvalue weighted by molar-refractivity contribution is 9.10. The molecule has 1 rings (SSSR count). The van der Waals surface area contributed by atoms with Gasteiger partial charge in [0.05, 0.1) is 5.92 Å². The van der Waals surface area contributed by atoms with Crippen molar-refractivity contribution < 1.29 is 14.7 Å². The first-order valence-electron chi connectivity index (χ1n) is 6.59. The Morgan fingerprint density at radius 3 is 2.55 bits per heavy atom. The third kappa shape index (κ3) is 4.63. The Kier molecular flexibility index (Phi) is 6.20. The van der Waals surface area contributed by atoms with Gasteiger partial charge in [0.2, 0.25) is 0 Å². The van der Waals surface area contributed by atoms with Crippen molar-refractivity contribution in [1.29, 1.82) is 0 Å². The summed E-state index contributed by atoms with van der Waals surface area (Å²) in [5.74, 6) is -1.38. The van der Waals surface area contributed by atoms with E-state index in [2.05, 4.69) is 21.2 Å². The van der Waals surface area contributed by atoms with Crippen molar-refractivity contribution >= 4 is 27.8 Å². The van der Waals surface area contributed by atoms with Crippen LogP contribution in [0.5, 0.6) is 0 Å². The van der Waals surface area contributed by atoms with E-state index in [-0.39, 0.29) is 18.4 Å². The predicted molar refractivity (Wildman–Crippen MR) is 81.8 cm³/mol. The Morgan fingerprint density at radius 1 is 1.35 bits per heavy atom. The Balaban J connectivity index is 2.70. The second-order valence-corrected chi connectivity index (χ2v) is 6.14. The molecule has 4 nitrogen and oxygen atoms in total. The van der Waals surface area contributed by atoms with Gasteiger partial charge in [0, 0.05) is 16.6 Å². The number of halogens is 1. The Morgan fingerprint density at radius 2 is 2.00 bits per heavy atom. The fraction of sp³-hybridized carbons (Fsp3) is 0.467. The summed E-state index contributed by atoms with van der Waals surface area (Å²) in [4.78, 5) is 23.3. The number of nitrogens with one attached hydrogen (secondary N) is 1. The van der Waals surface area contributed by atoms with Gasteiger partial charge in [-0.15, -0.1) is 0 Å². The van der Waals surface area contributed by atoms with Crippen LogP contribution in [0.1, 0.15) is 36.2 Å². The second kappa shape index (κ2) is 7.43. The summed E-state index contributed by atoms with van der Waals surface area (Å²) in [6.45, 7) is 5.94. The number of hydrogen-bond donors (Lipinski definition) is 2. The van der Waals surface area contributed by atoms with Crippen molar-refractivity contribution in [3.8, 4) is 0 Å². The number of carboxylic acid groups (broad SMARTS) is 1. The first kappa shape index (κ1) is 16.7. The third-order valence-corrected chi connectivity index (χ3v) is 3.99. The van der Waals surface area contributed by atoms with Crippen LogP contribution < -0.4 is 5.32 Å². The van der Waals surface area contributed by atoms with E-state index in [9.17, 15) is 9.59 Å². The summed E-state index contributed by atoms with van der Waals surface area (Å²) in [6.07, 6.45) is 0.549. The quantitative estimate of drug-likeness (QED) is 0.834. The minimum absolute atomic E-state index is 0.151. The molecule has 1 amide bonds. The molecular weight excluding hydrogens is 322 g/mol. The number of carboxylic acids is 1. The highest BCUT2D eigenvalue weighted by atomic mass is 79.9. The number of carbonyl (C=O) groups is 2. The molecule has 0 saturated carbocycles. The maximum absolute atomic E-state index is 12.1. The molecule has 110 valence electrons. The van der Waals surface area contributed by atoms with E-state index < -0.39 is 11.9 Å². The number of aliphatic carboxylic acids is 1. The van der Waals surface area contributed by atoms with Crippen molar-refractivity contribution in [2.45, 2.75) is 27.2 Å². The molecule has 0 heterocycles. The molecule has 1 aromatic rings. The number of amides is 1. The molecule has 0 aliphatic rings. The molecule has 1 unspecified atom stereocenters. The Labute approximate surface area is 127 Å². The molecule has 0 saturated heterocycles. The van der Waals surface area contributed by atoms with Gasteiger partial charge in [0.15, 0.2) is 0 Å². The van der Waals surface area contributed by atoms with E-state index in [1.807, 2.05) is 26.8 Å². The first-order chi connectivity index (χ1) is 9.32. The van der Waals surface area contributed by atoms with E-state index in [0.29, 0.717) is 12.0 Å². The van der Waals surface area contributed by atoms with Crippen molar-refractivity contribution in [2.24, 2.45) is 11.8 Å². The molecule has 0 aliphatic heterocycles. The van der Waals surface area contributed by atoms with Crippen LogP contribution in [0.15, 0.2) is 22.7 Å². The SMILES string of the molecule is Cc1c(Br)cccc1C(=O)NCC(CC(C)C)C(=O)O. The zero-order valence-electron chi connectivity index (χ0n) is 11.9. The number of hydrogen-bond acceptors (Lipinski definition) is 2. The first-order valence-corrected chi connectivity index (χ1v) is 7.38. The van der Waals surface area contributed by atoms with Gasteiger partial charge in [-0.1, -0.05) is 35.8 Å². The average molecular weight is 342 g/mol. The molecule has 1 aromatic carbocycles. The lowest BCUT2D eigenvalue weighted by atomic mass is 9.97. The highest BCUT2D eigenvalue weighted by Gasteiger charge is 2.20. The molecule has 0 aliphatic carbocycles.